The molecule has 0 aromatic rings. The standard InChI is InChI=1S/C11H21NO4/c1-11(14,10(13)16-3)7-12-8-5-4-6-9(8)15-2/h8-9,12,14H,4-7H2,1-3H3. The third-order valence-electron chi connectivity index (χ3n) is 3.09. The molecule has 16 heavy (non-hydrogen) atoms. The van der Waals surface area contributed by atoms with Crippen LogP contribution < -0.4 is 5.32 Å². The second-order valence-electron chi connectivity index (χ2n) is 4.46. The lowest BCUT2D eigenvalue weighted by molar-refractivity contribution is -0.160. The molecule has 0 aliphatic heterocycles. The van der Waals surface area contributed by atoms with Gasteiger partial charge in [-0.1, -0.05) is 0 Å². The maximum Gasteiger partial charge on any atom is 0.338 e. The first-order valence-corrected chi connectivity index (χ1v) is 5.58. The summed E-state index contributed by atoms with van der Waals surface area (Å²) in [5, 5.41) is 13.0. The Kier molecular flexibility index (Phi) is 4.70. The van der Waals surface area contributed by atoms with Gasteiger partial charge in [0, 0.05) is 19.7 Å². The van der Waals surface area contributed by atoms with Crippen molar-refractivity contribution in [1.29, 1.82) is 0 Å². The van der Waals surface area contributed by atoms with E-state index >= 15 is 0 Å². The predicted octanol–water partition coefficient (Wildman–Crippen LogP) is 0.0675. The molecule has 2 N–H and O–H groups in total. The van der Waals surface area contributed by atoms with Crippen LogP contribution >= 0.6 is 0 Å². The Morgan fingerprint density at radius 3 is 2.75 bits per heavy atom. The lowest BCUT2D eigenvalue weighted by atomic mass is 10.1. The molecule has 3 atom stereocenters. The zero-order valence-electron chi connectivity index (χ0n) is 10.2. The molecule has 0 heterocycles. The molecular formula is C11H21NO4. The summed E-state index contributed by atoms with van der Waals surface area (Å²) in [4.78, 5) is 11.2. The molecule has 0 saturated heterocycles. The van der Waals surface area contributed by atoms with E-state index in [1.165, 1.54) is 14.0 Å². The first-order chi connectivity index (χ1) is 7.51. The molecule has 5 heteroatoms. The van der Waals surface area contributed by atoms with Crippen molar-refractivity contribution in [2.45, 2.75) is 43.9 Å². The predicted molar refractivity (Wildman–Crippen MR) is 59.1 cm³/mol. The third-order valence-corrected chi connectivity index (χ3v) is 3.09. The lowest BCUT2D eigenvalue weighted by Gasteiger charge is -2.25. The maximum atomic E-state index is 11.2. The summed E-state index contributed by atoms with van der Waals surface area (Å²) in [5.41, 5.74) is -1.48. The second kappa shape index (κ2) is 5.61. The molecule has 94 valence electrons. The Morgan fingerprint density at radius 1 is 1.50 bits per heavy atom. The summed E-state index contributed by atoms with van der Waals surface area (Å²) in [6.07, 6.45) is 3.31. The largest absolute Gasteiger partial charge is 0.467 e. The van der Waals surface area contributed by atoms with Crippen LogP contribution in [0, 0.1) is 0 Å². The molecule has 5 nitrogen and oxygen atoms in total. The summed E-state index contributed by atoms with van der Waals surface area (Å²) in [6, 6.07) is 0.209. The van der Waals surface area contributed by atoms with E-state index in [2.05, 4.69) is 10.1 Å². The smallest absolute Gasteiger partial charge is 0.338 e. The van der Waals surface area contributed by atoms with Gasteiger partial charge in [0.25, 0.3) is 0 Å². The van der Waals surface area contributed by atoms with E-state index in [1.54, 1.807) is 7.11 Å². The third kappa shape index (κ3) is 3.17. The zero-order valence-corrected chi connectivity index (χ0v) is 10.2. The molecule has 1 aliphatic carbocycles. The number of methoxy groups -OCH3 is 2. The number of ether oxygens (including phenoxy) is 2. The fourth-order valence-electron chi connectivity index (χ4n) is 2.06. The maximum absolute atomic E-state index is 11.2. The summed E-state index contributed by atoms with van der Waals surface area (Å²) in [6.45, 7) is 1.63. The van der Waals surface area contributed by atoms with Crippen molar-refractivity contribution in [3.05, 3.63) is 0 Å². The molecule has 1 saturated carbocycles. The highest BCUT2D eigenvalue weighted by atomic mass is 16.5. The summed E-state index contributed by atoms with van der Waals surface area (Å²) >= 11 is 0. The molecule has 0 radical (unpaired) electrons. The minimum Gasteiger partial charge on any atom is -0.467 e. The van der Waals surface area contributed by atoms with E-state index in [0.29, 0.717) is 0 Å². The normalized spacial score (nSPS) is 28.8. The Bertz CT molecular complexity index is 242. The van der Waals surface area contributed by atoms with Crippen molar-refractivity contribution in [2.24, 2.45) is 0 Å². The average molecular weight is 231 g/mol. The topological polar surface area (TPSA) is 67.8 Å². The number of carbonyl (C=O) groups excluding carboxylic acids is 1. The van der Waals surface area contributed by atoms with Crippen molar-refractivity contribution in [2.75, 3.05) is 20.8 Å². The van der Waals surface area contributed by atoms with Gasteiger partial charge >= 0.3 is 5.97 Å². The molecule has 1 rings (SSSR count). The summed E-state index contributed by atoms with van der Waals surface area (Å²) in [7, 11) is 2.95. The molecular weight excluding hydrogens is 210 g/mol. The van der Waals surface area contributed by atoms with Gasteiger partial charge in [0.1, 0.15) is 0 Å². The Hall–Kier alpha value is -0.650. The molecule has 0 aromatic carbocycles. The van der Waals surface area contributed by atoms with Crippen molar-refractivity contribution in [3.8, 4) is 0 Å². The quantitative estimate of drug-likeness (QED) is 0.655. The minimum absolute atomic E-state index is 0.174. The van der Waals surface area contributed by atoms with Crippen LogP contribution in [0.4, 0.5) is 0 Å². The Balaban J connectivity index is 2.41. The van der Waals surface area contributed by atoms with E-state index in [4.69, 9.17) is 4.74 Å². The minimum atomic E-state index is -1.48. The SMILES string of the molecule is COC(=O)C(C)(O)CNC1CCCC1OC. The van der Waals surface area contributed by atoms with Crippen LogP contribution in [-0.4, -0.2) is 49.6 Å². The van der Waals surface area contributed by atoms with Gasteiger partial charge in [0.15, 0.2) is 5.60 Å². The number of nitrogens with one attached hydrogen (secondary N) is 1. The number of carbonyl (C=O) groups is 1. The first-order valence-electron chi connectivity index (χ1n) is 5.58. The monoisotopic (exact) mass is 231 g/mol. The van der Waals surface area contributed by atoms with E-state index < -0.39 is 11.6 Å². The number of aliphatic hydroxyl groups is 1. The van der Waals surface area contributed by atoms with Gasteiger partial charge in [-0.25, -0.2) is 4.79 Å². The highest BCUT2D eigenvalue weighted by Gasteiger charge is 2.34. The number of hydrogen-bond acceptors (Lipinski definition) is 5. The number of esters is 1. The molecule has 0 aromatic heterocycles. The molecule has 1 aliphatic rings. The van der Waals surface area contributed by atoms with E-state index in [0.717, 1.165) is 19.3 Å². The molecule has 3 unspecified atom stereocenters. The first kappa shape index (κ1) is 13.4. The van der Waals surface area contributed by atoms with Gasteiger partial charge in [-0.05, 0) is 26.2 Å². The fourth-order valence-corrected chi connectivity index (χ4v) is 2.06. The van der Waals surface area contributed by atoms with Crippen molar-refractivity contribution in [3.63, 3.8) is 0 Å². The summed E-state index contributed by atoms with van der Waals surface area (Å²) < 4.78 is 9.84. The van der Waals surface area contributed by atoms with Gasteiger partial charge < -0.3 is 19.9 Å². The van der Waals surface area contributed by atoms with Gasteiger partial charge in [-0.2, -0.15) is 0 Å². The van der Waals surface area contributed by atoms with Gasteiger partial charge in [-0.3, -0.25) is 0 Å². The highest BCUT2D eigenvalue weighted by Crippen LogP contribution is 2.21. The van der Waals surface area contributed by atoms with Crippen LogP contribution in [-0.2, 0) is 14.3 Å². The Labute approximate surface area is 96.1 Å². The van der Waals surface area contributed by atoms with Crippen LogP contribution in [0.25, 0.3) is 0 Å². The highest BCUT2D eigenvalue weighted by molar-refractivity contribution is 5.78. The number of rotatable bonds is 5. The average Bonchev–Trinajstić information content (AvgIpc) is 2.72. The number of hydrogen-bond donors (Lipinski definition) is 2. The van der Waals surface area contributed by atoms with Crippen molar-refractivity contribution in [1.82, 2.24) is 5.32 Å². The lowest BCUT2D eigenvalue weighted by Crippen LogP contribution is -2.50. The van der Waals surface area contributed by atoms with Crippen LogP contribution in [0.1, 0.15) is 26.2 Å². The van der Waals surface area contributed by atoms with Crippen LogP contribution in [0.15, 0.2) is 0 Å². The second-order valence-corrected chi connectivity index (χ2v) is 4.46. The van der Waals surface area contributed by atoms with Crippen molar-refractivity contribution < 1.29 is 19.4 Å². The zero-order chi connectivity index (χ0) is 12.2. The van der Waals surface area contributed by atoms with E-state index in [1.807, 2.05) is 0 Å². The van der Waals surface area contributed by atoms with Crippen LogP contribution in [0.3, 0.4) is 0 Å². The van der Waals surface area contributed by atoms with Gasteiger partial charge in [0.2, 0.25) is 0 Å². The van der Waals surface area contributed by atoms with Crippen molar-refractivity contribution >= 4 is 5.97 Å². The molecule has 0 spiro atoms. The molecule has 0 bridgehead atoms. The fraction of sp³-hybridized carbons (Fsp3) is 0.909. The molecule has 0 amide bonds. The van der Waals surface area contributed by atoms with E-state index in [-0.39, 0.29) is 18.7 Å². The summed E-state index contributed by atoms with van der Waals surface area (Å²) in [5.74, 6) is -0.619. The Morgan fingerprint density at radius 2 is 2.19 bits per heavy atom. The van der Waals surface area contributed by atoms with E-state index in [9.17, 15) is 9.90 Å². The molecule has 1 fully saturated rings. The van der Waals surface area contributed by atoms with Gasteiger partial charge in [0.05, 0.1) is 13.2 Å². The van der Waals surface area contributed by atoms with Gasteiger partial charge in [-0.15, -0.1) is 0 Å². The van der Waals surface area contributed by atoms with Crippen LogP contribution in [0.2, 0.25) is 0 Å². The van der Waals surface area contributed by atoms with Crippen LogP contribution in [0.5, 0.6) is 0 Å².